The van der Waals surface area contributed by atoms with E-state index in [9.17, 15) is 0 Å². The van der Waals surface area contributed by atoms with Crippen LogP contribution in [-0.4, -0.2) is 42.1 Å². The summed E-state index contributed by atoms with van der Waals surface area (Å²) in [5.74, 6) is 0. The number of hydrogen-bond acceptors (Lipinski definition) is 2. The minimum absolute atomic E-state index is 0.519. The van der Waals surface area contributed by atoms with Crippen molar-refractivity contribution in [1.29, 1.82) is 0 Å². The Kier molecular flexibility index (Phi) is 4.47. The minimum atomic E-state index is 0.519. The number of halogens is 1. The van der Waals surface area contributed by atoms with E-state index in [1.54, 1.807) is 0 Å². The van der Waals surface area contributed by atoms with Crippen molar-refractivity contribution < 1.29 is 4.74 Å². The zero-order chi connectivity index (χ0) is 10.7. The average Bonchev–Trinajstić information content (AvgIpc) is 2.30. The van der Waals surface area contributed by atoms with Crippen LogP contribution in [0.15, 0.2) is 0 Å². The Morgan fingerprint density at radius 3 is 2.53 bits per heavy atom. The lowest BCUT2D eigenvalue weighted by atomic mass is 9.90. The topological polar surface area (TPSA) is 12.5 Å². The first-order valence-electron chi connectivity index (χ1n) is 6.20. The Morgan fingerprint density at radius 2 is 1.87 bits per heavy atom. The molecule has 1 saturated carbocycles. The third-order valence-electron chi connectivity index (χ3n) is 3.91. The van der Waals surface area contributed by atoms with Crippen LogP contribution >= 0.6 is 15.9 Å². The molecule has 2 unspecified atom stereocenters. The molecule has 88 valence electrons. The fourth-order valence-corrected chi connectivity index (χ4v) is 3.31. The zero-order valence-corrected chi connectivity index (χ0v) is 11.2. The lowest BCUT2D eigenvalue weighted by Gasteiger charge is -2.40. The largest absolute Gasteiger partial charge is 0.381 e. The highest BCUT2D eigenvalue weighted by Gasteiger charge is 2.28. The van der Waals surface area contributed by atoms with Gasteiger partial charge in [0.2, 0.25) is 0 Å². The maximum Gasteiger partial charge on any atom is 0.0586 e. The van der Waals surface area contributed by atoms with Crippen molar-refractivity contribution in [3.63, 3.8) is 0 Å². The molecule has 1 saturated heterocycles. The molecule has 0 amide bonds. The van der Waals surface area contributed by atoms with Gasteiger partial charge in [0.05, 0.1) is 6.10 Å². The first-order valence-corrected chi connectivity index (χ1v) is 7.12. The van der Waals surface area contributed by atoms with Gasteiger partial charge in [0.1, 0.15) is 0 Å². The number of hydrogen-bond donors (Lipinski definition) is 0. The lowest BCUT2D eigenvalue weighted by Crippen LogP contribution is -2.45. The summed E-state index contributed by atoms with van der Waals surface area (Å²) in [7, 11) is 1.86. The summed E-state index contributed by atoms with van der Waals surface area (Å²) in [6.07, 6.45) is 8.39. The summed E-state index contributed by atoms with van der Waals surface area (Å²) in [6.45, 7) is 2.55. The molecule has 1 heterocycles. The van der Waals surface area contributed by atoms with Gasteiger partial charge in [0, 0.05) is 18.0 Å². The van der Waals surface area contributed by atoms with Gasteiger partial charge in [-0.15, -0.1) is 0 Å². The van der Waals surface area contributed by atoms with E-state index >= 15 is 0 Å². The summed E-state index contributed by atoms with van der Waals surface area (Å²) in [5, 5.41) is 0. The molecule has 0 aromatic carbocycles. The number of piperidine rings is 1. The van der Waals surface area contributed by atoms with Gasteiger partial charge in [0.25, 0.3) is 0 Å². The Balaban J connectivity index is 1.82. The van der Waals surface area contributed by atoms with Gasteiger partial charge in [-0.1, -0.05) is 15.9 Å². The van der Waals surface area contributed by atoms with Crippen molar-refractivity contribution in [3.8, 4) is 0 Å². The minimum Gasteiger partial charge on any atom is -0.381 e. The number of alkyl halides is 1. The van der Waals surface area contributed by atoms with Crippen LogP contribution in [0.4, 0.5) is 0 Å². The van der Waals surface area contributed by atoms with Gasteiger partial charge in [-0.05, 0) is 51.6 Å². The van der Waals surface area contributed by atoms with E-state index in [0.29, 0.717) is 6.10 Å². The van der Waals surface area contributed by atoms with Crippen LogP contribution in [-0.2, 0) is 4.74 Å². The van der Waals surface area contributed by atoms with Crippen molar-refractivity contribution >= 4 is 15.9 Å². The van der Waals surface area contributed by atoms with Gasteiger partial charge in [0.15, 0.2) is 0 Å². The van der Waals surface area contributed by atoms with Gasteiger partial charge >= 0.3 is 0 Å². The molecule has 0 radical (unpaired) electrons. The summed E-state index contributed by atoms with van der Waals surface area (Å²) < 4.78 is 5.50. The third kappa shape index (κ3) is 3.18. The molecule has 0 spiro atoms. The molecule has 0 aromatic heterocycles. The number of nitrogens with zero attached hydrogens (tertiary/aromatic N) is 1. The van der Waals surface area contributed by atoms with Crippen molar-refractivity contribution in [2.24, 2.45) is 0 Å². The number of methoxy groups -OCH3 is 1. The van der Waals surface area contributed by atoms with Crippen molar-refractivity contribution in [2.75, 3.05) is 20.2 Å². The van der Waals surface area contributed by atoms with E-state index in [1.165, 1.54) is 51.6 Å². The highest BCUT2D eigenvalue weighted by atomic mass is 79.9. The molecule has 0 N–H and O–H groups in total. The monoisotopic (exact) mass is 275 g/mol. The average molecular weight is 276 g/mol. The van der Waals surface area contributed by atoms with E-state index in [-0.39, 0.29) is 0 Å². The fourth-order valence-electron chi connectivity index (χ4n) is 2.90. The van der Waals surface area contributed by atoms with E-state index in [1.807, 2.05) is 7.11 Å². The molecule has 1 aliphatic carbocycles. The zero-order valence-electron chi connectivity index (χ0n) is 9.62. The SMILES string of the molecule is COC1CCCC(N2CCC(Br)CC2)C1. The molecule has 2 aliphatic rings. The number of likely N-dealkylation sites (tertiary alicyclic amines) is 1. The maximum atomic E-state index is 5.50. The molecule has 2 nitrogen and oxygen atoms in total. The Labute approximate surface area is 101 Å². The highest BCUT2D eigenvalue weighted by Crippen LogP contribution is 2.28. The normalized spacial score (nSPS) is 35.6. The second kappa shape index (κ2) is 5.65. The Hall–Kier alpha value is 0.400. The molecular weight excluding hydrogens is 254 g/mol. The highest BCUT2D eigenvalue weighted by molar-refractivity contribution is 9.09. The first-order chi connectivity index (χ1) is 7.29. The molecule has 0 aromatic rings. The van der Waals surface area contributed by atoms with Crippen LogP contribution < -0.4 is 0 Å². The third-order valence-corrected chi connectivity index (χ3v) is 4.82. The molecule has 3 heteroatoms. The molecule has 15 heavy (non-hydrogen) atoms. The predicted octanol–water partition coefficient (Wildman–Crippen LogP) is 2.80. The van der Waals surface area contributed by atoms with Crippen LogP contribution in [0.5, 0.6) is 0 Å². The summed E-state index contributed by atoms with van der Waals surface area (Å²) in [5.41, 5.74) is 0. The quantitative estimate of drug-likeness (QED) is 0.719. The van der Waals surface area contributed by atoms with E-state index in [0.717, 1.165) is 10.9 Å². The van der Waals surface area contributed by atoms with Gasteiger partial charge < -0.3 is 9.64 Å². The number of ether oxygens (including phenoxy) is 1. The molecule has 0 bridgehead atoms. The van der Waals surface area contributed by atoms with Gasteiger partial charge in [-0.2, -0.15) is 0 Å². The summed E-state index contributed by atoms with van der Waals surface area (Å²) in [4.78, 5) is 3.44. The van der Waals surface area contributed by atoms with E-state index in [4.69, 9.17) is 4.74 Å². The van der Waals surface area contributed by atoms with Gasteiger partial charge in [-0.3, -0.25) is 0 Å². The van der Waals surface area contributed by atoms with E-state index in [2.05, 4.69) is 20.8 Å². The van der Waals surface area contributed by atoms with Gasteiger partial charge in [-0.25, -0.2) is 0 Å². The maximum absolute atomic E-state index is 5.50. The van der Waals surface area contributed by atoms with Crippen LogP contribution in [0.3, 0.4) is 0 Å². The Morgan fingerprint density at radius 1 is 1.13 bits per heavy atom. The Bertz CT molecular complexity index is 192. The molecular formula is C12H22BrNO. The lowest BCUT2D eigenvalue weighted by molar-refractivity contribution is 0.0233. The molecule has 2 fully saturated rings. The van der Waals surface area contributed by atoms with E-state index < -0.39 is 0 Å². The molecule has 1 aliphatic heterocycles. The van der Waals surface area contributed by atoms with Crippen molar-refractivity contribution in [2.45, 2.75) is 55.5 Å². The second-order valence-corrected chi connectivity index (χ2v) is 6.18. The fraction of sp³-hybridized carbons (Fsp3) is 1.00. The summed E-state index contributed by atoms with van der Waals surface area (Å²) in [6, 6.07) is 0.795. The second-order valence-electron chi connectivity index (χ2n) is 4.89. The molecule has 2 atom stereocenters. The van der Waals surface area contributed by atoms with Crippen LogP contribution in [0.25, 0.3) is 0 Å². The van der Waals surface area contributed by atoms with Crippen molar-refractivity contribution in [1.82, 2.24) is 4.90 Å². The standard InChI is InChI=1S/C12H22BrNO/c1-15-12-4-2-3-11(9-12)14-7-5-10(13)6-8-14/h10-12H,2-9H2,1H3. The predicted molar refractivity (Wildman–Crippen MR) is 66.6 cm³/mol. The first kappa shape index (κ1) is 11.9. The number of rotatable bonds is 2. The smallest absolute Gasteiger partial charge is 0.0586 e. The van der Waals surface area contributed by atoms with Crippen LogP contribution in [0, 0.1) is 0 Å². The van der Waals surface area contributed by atoms with Crippen molar-refractivity contribution in [3.05, 3.63) is 0 Å². The summed E-state index contributed by atoms with van der Waals surface area (Å²) >= 11 is 3.71. The van der Waals surface area contributed by atoms with Crippen LogP contribution in [0.1, 0.15) is 38.5 Å². The molecule has 2 rings (SSSR count). The van der Waals surface area contributed by atoms with Crippen LogP contribution in [0.2, 0.25) is 0 Å².